The van der Waals surface area contributed by atoms with Crippen molar-refractivity contribution in [3.63, 3.8) is 0 Å². The number of anilines is 2. The van der Waals surface area contributed by atoms with E-state index >= 15 is 0 Å². The van der Waals surface area contributed by atoms with Crippen molar-refractivity contribution in [1.82, 2.24) is 5.32 Å². The van der Waals surface area contributed by atoms with Crippen LogP contribution in [-0.4, -0.2) is 36.3 Å². The molecule has 2 heterocycles. The third-order valence-corrected chi connectivity index (χ3v) is 5.59. The summed E-state index contributed by atoms with van der Waals surface area (Å²) in [6.45, 7) is 4.89. The molecule has 3 N–H and O–H groups in total. The average molecular weight is 470 g/mol. The van der Waals surface area contributed by atoms with Crippen LogP contribution >= 0.6 is 11.3 Å². The van der Waals surface area contributed by atoms with Crippen LogP contribution in [-0.2, 0) is 14.3 Å². The molecule has 0 saturated heterocycles. The lowest BCUT2D eigenvalue weighted by molar-refractivity contribution is -0.130. The summed E-state index contributed by atoms with van der Waals surface area (Å²) in [6.07, 6.45) is 0.264. The fraction of sp³-hybridized carbons (Fsp3) is 0.217. The van der Waals surface area contributed by atoms with Crippen LogP contribution in [0, 0.1) is 13.8 Å². The fourth-order valence-electron chi connectivity index (χ4n) is 2.87. The summed E-state index contributed by atoms with van der Waals surface area (Å²) in [7, 11) is 0. The zero-order valence-corrected chi connectivity index (χ0v) is 19.1. The number of para-hydroxylation sites is 1. The molecule has 0 saturated carbocycles. The van der Waals surface area contributed by atoms with Crippen LogP contribution < -0.4 is 16.0 Å². The van der Waals surface area contributed by atoms with Crippen LogP contribution in [0.25, 0.3) is 0 Å². The van der Waals surface area contributed by atoms with Crippen molar-refractivity contribution < 1.29 is 28.3 Å². The van der Waals surface area contributed by atoms with E-state index < -0.39 is 29.8 Å². The maximum atomic E-state index is 12.3. The molecule has 1 atom stereocenters. The standard InChI is InChI=1S/C23H23N3O6S/c1-13-6-4-7-14(2)20(13)25-18(27)12-24-21(28)15(3)32-23(30)17-9-10-19(33-17)26-22(29)16-8-5-11-31-16/h4-11,15H,12H2,1-3H3,(H,24,28)(H,25,27)(H,26,29). The van der Waals surface area contributed by atoms with E-state index in [0.29, 0.717) is 10.7 Å². The third kappa shape index (κ3) is 6.30. The number of ether oxygens (including phenoxy) is 1. The Balaban J connectivity index is 1.47. The average Bonchev–Trinajstić information content (AvgIpc) is 3.47. The van der Waals surface area contributed by atoms with Crippen LogP contribution in [0.5, 0.6) is 0 Å². The molecule has 1 aromatic carbocycles. The first kappa shape index (κ1) is 23.7. The van der Waals surface area contributed by atoms with E-state index in [-0.39, 0.29) is 17.2 Å². The van der Waals surface area contributed by atoms with E-state index in [1.165, 1.54) is 25.3 Å². The highest BCUT2D eigenvalue weighted by molar-refractivity contribution is 7.18. The molecule has 9 nitrogen and oxygen atoms in total. The number of rotatable bonds is 8. The van der Waals surface area contributed by atoms with Crippen molar-refractivity contribution in [2.45, 2.75) is 26.9 Å². The molecule has 0 fully saturated rings. The molecule has 0 radical (unpaired) electrons. The molecule has 2 aromatic heterocycles. The molecule has 3 rings (SSSR count). The first-order valence-corrected chi connectivity index (χ1v) is 10.9. The summed E-state index contributed by atoms with van der Waals surface area (Å²) in [5.41, 5.74) is 2.52. The Kier molecular flexibility index (Phi) is 7.62. The Bertz CT molecular complexity index is 1150. The van der Waals surface area contributed by atoms with Gasteiger partial charge >= 0.3 is 5.97 Å². The van der Waals surface area contributed by atoms with Crippen LogP contribution in [0.15, 0.2) is 53.1 Å². The Morgan fingerprint density at radius 3 is 2.39 bits per heavy atom. The van der Waals surface area contributed by atoms with E-state index in [4.69, 9.17) is 9.15 Å². The van der Waals surface area contributed by atoms with E-state index in [9.17, 15) is 19.2 Å². The summed E-state index contributed by atoms with van der Waals surface area (Å²) in [5.74, 6) is -2.04. The van der Waals surface area contributed by atoms with E-state index in [0.717, 1.165) is 22.5 Å². The minimum Gasteiger partial charge on any atom is -0.459 e. The smallest absolute Gasteiger partial charge is 0.349 e. The number of esters is 1. The number of nitrogens with one attached hydrogen (secondary N) is 3. The molecule has 33 heavy (non-hydrogen) atoms. The minimum absolute atomic E-state index is 0.138. The van der Waals surface area contributed by atoms with Gasteiger partial charge in [0.15, 0.2) is 11.9 Å². The maximum Gasteiger partial charge on any atom is 0.349 e. The molecule has 0 aliphatic heterocycles. The van der Waals surface area contributed by atoms with Crippen molar-refractivity contribution in [2.75, 3.05) is 17.2 Å². The van der Waals surface area contributed by atoms with Crippen molar-refractivity contribution in [1.29, 1.82) is 0 Å². The Morgan fingerprint density at radius 2 is 1.73 bits per heavy atom. The zero-order chi connectivity index (χ0) is 24.0. The van der Waals surface area contributed by atoms with Gasteiger partial charge in [-0.1, -0.05) is 18.2 Å². The number of hydrogen-bond acceptors (Lipinski definition) is 7. The van der Waals surface area contributed by atoms with Gasteiger partial charge in [0.1, 0.15) is 4.88 Å². The first-order chi connectivity index (χ1) is 15.7. The molecule has 172 valence electrons. The highest BCUT2D eigenvalue weighted by Crippen LogP contribution is 2.24. The second-order valence-electron chi connectivity index (χ2n) is 7.18. The number of carbonyl (C=O) groups excluding carboxylic acids is 4. The fourth-order valence-corrected chi connectivity index (χ4v) is 3.66. The number of hydrogen-bond donors (Lipinski definition) is 3. The summed E-state index contributed by atoms with van der Waals surface area (Å²) < 4.78 is 10.2. The van der Waals surface area contributed by atoms with Gasteiger partial charge in [-0.15, -0.1) is 11.3 Å². The lowest BCUT2D eigenvalue weighted by Gasteiger charge is -2.14. The molecular weight excluding hydrogens is 446 g/mol. The SMILES string of the molecule is Cc1cccc(C)c1NC(=O)CNC(=O)C(C)OC(=O)c1ccc(NC(=O)c2ccco2)s1. The predicted molar refractivity (Wildman–Crippen MR) is 123 cm³/mol. The maximum absolute atomic E-state index is 12.3. The monoisotopic (exact) mass is 469 g/mol. The second kappa shape index (κ2) is 10.6. The van der Waals surface area contributed by atoms with Gasteiger partial charge in [0.25, 0.3) is 11.8 Å². The van der Waals surface area contributed by atoms with E-state index in [2.05, 4.69) is 16.0 Å². The summed E-state index contributed by atoms with van der Waals surface area (Å²) >= 11 is 0.998. The summed E-state index contributed by atoms with van der Waals surface area (Å²) in [5, 5.41) is 8.25. The van der Waals surface area contributed by atoms with Gasteiger partial charge in [-0.05, 0) is 56.2 Å². The molecule has 10 heteroatoms. The highest BCUT2D eigenvalue weighted by atomic mass is 32.1. The molecule has 0 aliphatic rings. The molecular formula is C23H23N3O6S. The predicted octanol–water partition coefficient (Wildman–Crippen LogP) is 3.51. The molecule has 1 unspecified atom stereocenters. The minimum atomic E-state index is -1.12. The molecule has 3 amide bonds. The van der Waals surface area contributed by atoms with Crippen molar-refractivity contribution >= 4 is 45.7 Å². The third-order valence-electron chi connectivity index (χ3n) is 4.61. The zero-order valence-electron chi connectivity index (χ0n) is 18.3. The van der Waals surface area contributed by atoms with Gasteiger partial charge in [0.2, 0.25) is 5.91 Å². The lowest BCUT2D eigenvalue weighted by atomic mass is 10.1. The Hall–Kier alpha value is -3.92. The van der Waals surface area contributed by atoms with Crippen LogP contribution in [0.3, 0.4) is 0 Å². The second-order valence-corrected chi connectivity index (χ2v) is 8.26. The number of furan rings is 1. The van der Waals surface area contributed by atoms with Gasteiger partial charge in [0, 0.05) is 5.69 Å². The number of benzene rings is 1. The van der Waals surface area contributed by atoms with Gasteiger partial charge in [-0.25, -0.2) is 4.79 Å². The topological polar surface area (TPSA) is 127 Å². The van der Waals surface area contributed by atoms with Crippen LogP contribution in [0.1, 0.15) is 38.3 Å². The lowest BCUT2D eigenvalue weighted by Crippen LogP contribution is -2.40. The quantitative estimate of drug-likeness (QED) is 0.433. The van der Waals surface area contributed by atoms with Gasteiger partial charge in [0.05, 0.1) is 17.8 Å². The van der Waals surface area contributed by atoms with Crippen LogP contribution in [0.4, 0.5) is 10.7 Å². The molecule has 0 spiro atoms. The van der Waals surface area contributed by atoms with Gasteiger partial charge in [-0.3, -0.25) is 14.4 Å². The van der Waals surface area contributed by atoms with E-state index in [1.54, 1.807) is 12.1 Å². The van der Waals surface area contributed by atoms with Crippen LogP contribution in [0.2, 0.25) is 0 Å². The van der Waals surface area contributed by atoms with Crippen molar-refractivity contribution in [3.05, 3.63) is 70.5 Å². The highest BCUT2D eigenvalue weighted by Gasteiger charge is 2.21. The van der Waals surface area contributed by atoms with Crippen molar-refractivity contribution in [2.24, 2.45) is 0 Å². The number of aryl methyl sites for hydroxylation is 2. The summed E-state index contributed by atoms with van der Waals surface area (Å²) in [6, 6.07) is 11.8. The normalized spacial score (nSPS) is 11.4. The number of amides is 3. The number of carbonyl (C=O) groups is 4. The van der Waals surface area contributed by atoms with Gasteiger partial charge in [-0.2, -0.15) is 0 Å². The Labute approximate surface area is 194 Å². The van der Waals surface area contributed by atoms with Gasteiger partial charge < -0.3 is 25.1 Å². The largest absolute Gasteiger partial charge is 0.459 e. The molecule has 0 aliphatic carbocycles. The molecule has 0 bridgehead atoms. The molecule has 3 aromatic rings. The summed E-state index contributed by atoms with van der Waals surface area (Å²) in [4.78, 5) is 49.0. The van der Waals surface area contributed by atoms with Crippen molar-refractivity contribution in [3.8, 4) is 0 Å². The van der Waals surface area contributed by atoms with E-state index in [1.807, 2.05) is 32.0 Å². The number of thiophene rings is 1. The Morgan fingerprint density at radius 1 is 1.00 bits per heavy atom. The first-order valence-electron chi connectivity index (χ1n) is 10.0.